The van der Waals surface area contributed by atoms with Crippen LogP contribution in [0.25, 0.3) is 10.4 Å². The molecule has 7 heteroatoms. The van der Waals surface area contributed by atoms with Crippen molar-refractivity contribution in [3.05, 3.63) is 10.4 Å². The van der Waals surface area contributed by atoms with E-state index in [0.29, 0.717) is 13.0 Å². The van der Waals surface area contributed by atoms with Crippen LogP contribution in [0.15, 0.2) is 5.11 Å². The fourth-order valence-electron chi connectivity index (χ4n) is 2.21. The minimum atomic E-state index is -0.613. The quantitative estimate of drug-likeness (QED) is 0.484. The fourth-order valence-corrected chi connectivity index (χ4v) is 2.21. The summed E-state index contributed by atoms with van der Waals surface area (Å²) in [6, 6.07) is -0.901. The van der Waals surface area contributed by atoms with E-state index in [1.54, 1.807) is 25.7 Å². The van der Waals surface area contributed by atoms with Crippen molar-refractivity contribution in [3.8, 4) is 0 Å². The van der Waals surface area contributed by atoms with Crippen LogP contribution in [0.5, 0.6) is 0 Å². The van der Waals surface area contributed by atoms with Gasteiger partial charge in [0.2, 0.25) is 0 Å². The Balaban J connectivity index is 2.82. The Kier molecular flexibility index (Phi) is 5.44. The highest BCUT2D eigenvalue weighted by Crippen LogP contribution is 2.24. The van der Waals surface area contributed by atoms with E-state index in [0.717, 1.165) is 12.8 Å². The van der Waals surface area contributed by atoms with Crippen LogP contribution >= 0.6 is 0 Å². The van der Waals surface area contributed by atoms with E-state index in [4.69, 9.17) is 10.3 Å². The van der Waals surface area contributed by atoms with E-state index in [2.05, 4.69) is 10.0 Å². The molecule has 7 nitrogen and oxygen atoms in total. The van der Waals surface area contributed by atoms with E-state index < -0.39 is 17.7 Å². The summed E-state index contributed by atoms with van der Waals surface area (Å²) in [5.74, 6) is 0. The summed E-state index contributed by atoms with van der Waals surface area (Å²) in [5, 5.41) is 12.9. The van der Waals surface area contributed by atoms with E-state index in [-0.39, 0.29) is 12.6 Å². The van der Waals surface area contributed by atoms with Crippen molar-refractivity contribution in [1.82, 2.24) is 4.90 Å². The number of carbonyl (C=O) groups is 1. The van der Waals surface area contributed by atoms with Gasteiger partial charge in [-0.2, -0.15) is 0 Å². The maximum absolute atomic E-state index is 12.1. The van der Waals surface area contributed by atoms with Gasteiger partial charge in [-0.25, -0.2) is 4.79 Å². The number of hydrogen-bond acceptors (Lipinski definition) is 4. The summed E-state index contributed by atoms with van der Waals surface area (Å²) in [6.45, 7) is 5.72. The van der Waals surface area contributed by atoms with Gasteiger partial charge < -0.3 is 14.7 Å². The lowest BCUT2D eigenvalue weighted by Crippen LogP contribution is -2.51. The summed E-state index contributed by atoms with van der Waals surface area (Å²) in [4.78, 5) is 16.4. The van der Waals surface area contributed by atoms with Gasteiger partial charge in [0.25, 0.3) is 0 Å². The molecule has 19 heavy (non-hydrogen) atoms. The molecule has 0 aromatic rings. The Bertz CT molecular complexity index is 360. The van der Waals surface area contributed by atoms with Gasteiger partial charge in [0.15, 0.2) is 0 Å². The third kappa shape index (κ3) is 4.61. The van der Waals surface area contributed by atoms with Gasteiger partial charge in [-0.3, -0.25) is 0 Å². The number of aliphatic hydroxyl groups is 1. The van der Waals surface area contributed by atoms with E-state index in [9.17, 15) is 9.90 Å². The molecule has 1 amide bonds. The van der Waals surface area contributed by atoms with E-state index in [1.165, 1.54) is 0 Å². The van der Waals surface area contributed by atoms with Crippen molar-refractivity contribution in [2.24, 2.45) is 5.11 Å². The lowest BCUT2D eigenvalue weighted by molar-refractivity contribution is 0.00400. The van der Waals surface area contributed by atoms with Crippen molar-refractivity contribution in [1.29, 1.82) is 0 Å². The van der Waals surface area contributed by atoms with Crippen molar-refractivity contribution in [3.63, 3.8) is 0 Å². The highest BCUT2D eigenvalue weighted by atomic mass is 16.6. The van der Waals surface area contributed by atoms with Gasteiger partial charge in [0.1, 0.15) is 5.60 Å². The number of hydrogen-bond donors (Lipinski definition) is 1. The van der Waals surface area contributed by atoms with Crippen LogP contribution in [0, 0.1) is 0 Å². The number of carbonyl (C=O) groups excluding carboxylic acids is 1. The molecule has 0 bridgehead atoms. The number of amides is 1. The molecule has 2 atom stereocenters. The Morgan fingerprint density at radius 1 is 1.58 bits per heavy atom. The average molecular weight is 270 g/mol. The first kappa shape index (κ1) is 15.6. The van der Waals surface area contributed by atoms with Crippen LogP contribution in [0.3, 0.4) is 0 Å². The predicted molar refractivity (Wildman–Crippen MR) is 70.6 cm³/mol. The summed E-state index contributed by atoms with van der Waals surface area (Å²) in [6.07, 6.45) is 2.14. The second-order valence-electron chi connectivity index (χ2n) is 5.69. The first-order valence-electron chi connectivity index (χ1n) is 6.53. The molecule has 0 aliphatic carbocycles. The number of ether oxygens (including phenoxy) is 1. The van der Waals surface area contributed by atoms with Crippen LogP contribution in [0.4, 0.5) is 4.79 Å². The zero-order valence-electron chi connectivity index (χ0n) is 11.7. The first-order valence-corrected chi connectivity index (χ1v) is 6.53. The number of likely N-dealkylation sites (tertiary alicyclic amines) is 1. The van der Waals surface area contributed by atoms with Gasteiger partial charge in [0, 0.05) is 17.5 Å². The molecule has 1 aliphatic heterocycles. The monoisotopic (exact) mass is 270 g/mol. The van der Waals surface area contributed by atoms with Crippen molar-refractivity contribution in [2.75, 3.05) is 13.2 Å². The first-order chi connectivity index (χ1) is 8.89. The van der Waals surface area contributed by atoms with E-state index >= 15 is 0 Å². The molecular formula is C12H22N4O3. The van der Waals surface area contributed by atoms with Gasteiger partial charge in [-0.15, -0.1) is 0 Å². The smallest absolute Gasteiger partial charge is 0.410 e. The number of aliphatic hydroxyl groups excluding tert-OH is 1. The Labute approximate surface area is 113 Å². The molecule has 1 saturated heterocycles. The van der Waals surface area contributed by atoms with Gasteiger partial charge >= 0.3 is 6.09 Å². The number of rotatable bonds is 3. The van der Waals surface area contributed by atoms with Gasteiger partial charge in [-0.05, 0) is 45.6 Å². The molecular weight excluding hydrogens is 248 g/mol. The zero-order chi connectivity index (χ0) is 14.5. The molecule has 0 radical (unpaired) electrons. The number of piperidine rings is 1. The van der Waals surface area contributed by atoms with Gasteiger partial charge in [-0.1, -0.05) is 5.11 Å². The second kappa shape index (κ2) is 6.63. The lowest BCUT2D eigenvalue weighted by Gasteiger charge is -2.38. The Hall–Kier alpha value is -1.46. The molecule has 0 aromatic carbocycles. The topological polar surface area (TPSA) is 98.5 Å². The Morgan fingerprint density at radius 3 is 2.79 bits per heavy atom. The molecule has 0 saturated carbocycles. The molecule has 1 rings (SSSR count). The molecule has 0 spiro atoms. The van der Waals surface area contributed by atoms with Crippen LogP contribution in [0.2, 0.25) is 0 Å². The summed E-state index contributed by atoms with van der Waals surface area (Å²) >= 11 is 0. The summed E-state index contributed by atoms with van der Waals surface area (Å²) in [7, 11) is 0. The molecule has 1 fully saturated rings. The fraction of sp³-hybridized carbons (Fsp3) is 0.917. The molecule has 0 aromatic heterocycles. The van der Waals surface area contributed by atoms with Crippen LogP contribution < -0.4 is 0 Å². The molecule has 2 unspecified atom stereocenters. The standard InChI is InChI=1S/C12H22N4O3/c1-12(2,3)19-11(18)16-7-5-4-6-10(16)9(8-17)14-15-13/h9-10,17H,4-8H2,1-3H3. The van der Waals surface area contributed by atoms with Crippen LogP contribution in [-0.4, -0.2) is 46.9 Å². The maximum Gasteiger partial charge on any atom is 0.410 e. The van der Waals surface area contributed by atoms with Crippen LogP contribution in [0.1, 0.15) is 40.0 Å². The predicted octanol–water partition coefficient (Wildman–Crippen LogP) is 2.45. The molecule has 1 heterocycles. The second-order valence-corrected chi connectivity index (χ2v) is 5.69. The van der Waals surface area contributed by atoms with Crippen molar-refractivity contribution < 1.29 is 14.6 Å². The number of azide groups is 1. The maximum atomic E-state index is 12.1. The van der Waals surface area contributed by atoms with Crippen LogP contribution in [-0.2, 0) is 4.74 Å². The zero-order valence-corrected chi connectivity index (χ0v) is 11.7. The largest absolute Gasteiger partial charge is 0.444 e. The normalized spacial score (nSPS) is 21.5. The highest BCUT2D eigenvalue weighted by Gasteiger charge is 2.34. The Morgan fingerprint density at radius 2 is 2.26 bits per heavy atom. The average Bonchev–Trinajstić information content (AvgIpc) is 2.34. The lowest BCUT2D eigenvalue weighted by atomic mass is 9.97. The minimum Gasteiger partial charge on any atom is -0.444 e. The third-order valence-corrected chi connectivity index (χ3v) is 3.01. The van der Waals surface area contributed by atoms with E-state index in [1.807, 2.05) is 0 Å². The number of nitrogens with zero attached hydrogens (tertiary/aromatic N) is 4. The van der Waals surface area contributed by atoms with Gasteiger partial charge in [0.05, 0.1) is 12.6 Å². The third-order valence-electron chi connectivity index (χ3n) is 3.01. The van der Waals surface area contributed by atoms with Crippen molar-refractivity contribution >= 4 is 6.09 Å². The summed E-state index contributed by atoms with van der Waals surface area (Å²) in [5.41, 5.74) is 7.96. The van der Waals surface area contributed by atoms with Crippen molar-refractivity contribution in [2.45, 2.75) is 57.7 Å². The SMILES string of the molecule is CC(C)(C)OC(=O)N1CCCCC1C(CO)N=[N+]=[N-]. The minimum absolute atomic E-state index is 0.270. The molecule has 108 valence electrons. The highest BCUT2D eigenvalue weighted by molar-refractivity contribution is 5.68. The molecule has 1 aliphatic rings. The molecule has 1 N–H and O–H groups in total. The summed E-state index contributed by atoms with van der Waals surface area (Å²) < 4.78 is 5.35.